The number of anilines is 1. The molecule has 0 aliphatic carbocycles. The second-order valence-electron chi connectivity index (χ2n) is 3.96. The first-order chi connectivity index (χ1) is 8.15. The van der Waals surface area contributed by atoms with Crippen molar-refractivity contribution in [1.82, 2.24) is 0 Å². The van der Waals surface area contributed by atoms with Crippen LogP contribution in [0.2, 0.25) is 0 Å². The van der Waals surface area contributed by atoms with Gasteiger partial charge in [-0.3, -0.25) is 0 Å². The maximum absolute atomic E-state index is 4.18. The van der Waals surface area contributed by atoms with Crippen LogP contribution in [0.3, 0.4) is 0 Å². The van der Waals surface area contributed by atoms with Gasteiger partial charge in [-0.15, -0.1) is 0 Å². The molecule has 1 heterocycles. The molecule has 1 N–H and O–H groups in total. The van der Waals surface area contributed by atoms with E-state index in [-0.39, 0.29) is 0 Å². The highest BCUT2D eigenvalue weighted by atomic mass is 32.1. The van der Waals surface area contributed by atoms with Crippen LogP contribution in [0.1, 0.15) is 5.69 Å². The Balaban J connectivity index is 2.11. The van der Waals surface area contributed by atoms with Crippen molar-refractivity contribution in [2.24, 2.45) is 10.2 Å². The number of nitrogens with zero attached hydrogens (tertiary/aromatic N) is 3. The molecule has 0 fully saturated rings. The van der Waals surface area contributed by atoms with Gasteiger partial charge in [-0.05, 0) is 47.6 Å². The highest BCUT2D eigenvalue weighted by Crippen LogP contribution is 2.21. The summed E-state index contributed by atoms with van der Waals surface area (Å²) in [5.41, 5.74) is 3.12. The van der Waals surface area contributed by atoms with E-state index in [1.54, 1.807) is 11.3 Å². The third-order valence-corrected chi connectivity index (χ3v) is 3.15. The third kappa shape index (κ3) is 3.10. The maximum atomic E-state index is 4.18. The first-order valence-electron chi connectivity index (χ1n) is 5.32. The minimum Gasteiger partial charge on any atom is -0.378 e. The standard InChI is InChI=1S/C12H14N4S/c1-9-8-17-12(13-9)15-14-10-4-6-11(7-5-10)16(2)3/h4-8H,1-3H3/p+1. The average Bonchev–Trinajstić information content (AvgIpc) is 2.73. The third-order valence-electron chi connectivity index (χ3n) is 2.27. The molecule has 0 spiro atoms. The van der Waals surface area contributed by atoms with Crippen LogP contribution in [-0.2, 0) is 0 Å². The number of hydrogen-bond donors (Lipinski definition) is 0. The Bertz CT molecular complexity index is 514. The molecular formula is C12H15N4S+. The summed E-state index contributed by atoms with van der Waals surface area (Å²) in [6.07, 6.45) is 0. The van der Waals surface area contributed by atoms with Crippen molar-refractivity contribution < 1.29 is 4.98 Å². The van der Waals surface area contributed by atoms with Gasteiger partial charge in [0, 0.05) is 25.2 Å². The Morgan fingerprint density at radius 3 is 2.35 bits per heavy atom. The molecule has 17 heavy (non-hydrogen) atoms. The number of hydrogen-bond acceptors (Lipinski definition) is 4. The first-order valence-corrected chi connectivity index (χ1v) is 6.19. The minimum atomic E-state index is 0.819. The quantitative estimate of drug-likeness (QED) is 0.767. The predicted molar refractivity (Wildman–Crippen MR) is 70.6 cm³/mol. The van der Waals surface area contributed by atoms with E-state index in [1.165, 1.54) is 0 Å². The molecule has 0 radical (unpaired) electrons. The zero-order valence-corrected chi connectivity index (χ0v) is 11.0. The Kier molecular flexibility index (Phi) is 3.49. The molecule has 0 aliphatic heterocycles. The number of nitrogens with one attached hydrogen (secondary N) is 1. The highest BCUT2D eigenvalue weighted by Gasteiger charge is 2.04. The molecule has 0 unspecified atom stereocenters. The average molecular weight is 247 g/mol. The van der Waals surface area contributed by atoms with Crippen LogP contribution in [0.5, 0.6) is 0 Å². The van der Waals surface area contributed by atoms with Crippen LogP contribution in [0, 0.1) is 6.92 Å². The van der Waals surface area contributed by atoms with Crippen molar-refractivity contribution in [1.29, 1.82) is 0 Å². The van der Waals surface area contributed by atoms with Gasteiger partial charge in [-0.2, -0.15) is 0 Å². The zero-order valence-electron chi connectivity index (χ0n) is 10.1. The van der Waals surface area contributed by atoms with E-state index in [1.807, 2.05) is 50.7 Å². The van der Waals surface area contributed by atoms with Crippen molar-refractivity contribution in [3.05, 3.63) is 35.3 Å². The number of aromatic amines is 1. The molecule has 0 aliphatic rings. The summed E-state index contributed by atoms with van der Waals surface area (Å²) in [5.74, 6) is 0. The molecule has 0 bridgehead atoms. The maximum Gasteiger partial charge on any atom is 0.406 e. The molecule has 2 aromatic rings. The summed E-state index contributed by atoms with van der Waals surface area (Å²) < 4.78 is 0. The van der Waals surface area contributed by atoms with Gasteiger partial charge >= 0.3 is 5.13 Å². The summed E-state index contributed by atoms with van der Waals surface area (Å²) in [6.45, 7) is 2.00. The molecule has 0 atom stereocenters. The van der Waals surface area contributed by atoms with Crippen LogP contribution in [-0.4, -0.2) is 14.1 Å². The van der Waals surface area contributed by atoms with E-state index in [2.05, 4.69) is 20.1 Å². The van der Waals surface area contributed by atoms with Crippen LogP contribution in [0.4, 0.5) is 16.5 Å². The van der Waals surface area contributed by atoms with Gasteiger partial charge in [0.25, 0.3) is 0 Å². The van der Waals surface area contributed by atoms with Gasteiger partial charge < -0.3 is 4.90 Å². The van der Waals surface area contributed by atoms with Gasteiger partial charge in [0.1, 0.15) is 11.4 Å². The Hall–Kier alpha value is -1.75. The monoisotopic (exact) mass is 247 g/mol. The molecule has 1 aromatic carbocycles. The second kappa shape index (κ2) is 5.05. The lowest BCUT2D eigenvalue weighted by Gasteiger charge is -2.11. The summed E-state index contributed by atoms with van der Waals surface area (Å²) in [5, 5.41) is 11.2. The topological polar surface area (TPSA) is 42.1 Å². The van der Waals surface area contributed by atoms with Crippen molar-refractivity contribution in [2.75, 3.05) is 19.0 Å². The van der Waals surface area contributed by atoms with Gasteiger partial charge in [0.2, 0.25) is 0 Å². The summed E-state index contributed by atoms with van der Waals surface area (Å²) in [4.78, 5) is 5.18. The van der Waals surface area contributed by atoms with Crippen LogP contribution < -0.4 is 9.88 Å². The zero-order chi connectivity index (χ0) is 12.3. The number of azo groups is 1. The number of H-pyrrole nitrogens is 1. The fourth-order valence-electron chi connectivity index (χ4n) is 1.34. The Morgan fingerprint density at radius 1 is 1.12 bits per heavy atom. The minimum absolute atomic E-state index is 0.819. The molecule has 88 valence electrons. The van der Waals surface area contributed by atoms with E-state index < -0.39 is 0 Å². The van der Waals surface area contributed by atoms with Gasteiger partial charge in [-0.1, -0.05) is 0 Å². The molecule has 0 amide bonds. The van der Waals surface area contributed by atoms with E-state index >= 15 is 0 Å². The van der Waals surface area contributed by atoms with Crippen molar-refractivity contribution in [3.63, 3.8) is 0 Å². The molecule has 0 saturated heterocycles. The van der Waals surface area contributed by atoms with Crippen molar-refractivity contribution >= 4 is 27.8 Å². The van der Waals surface area contributed by atoms with E-state index in [0.717, 1.165) is 22.2 Å². The number of benzene rings is 1. The van der Waals surface area contributed by atoms with Crippen LogP contribution in [0.15, 0.2) is 39.9 Å². The fraction of sp³-hybridized carbons (Fsp3) is 0.250. The number of aromatic nitrogens is 1. The molecule has 5 heteroatoms. The second-order valence-corrected chi connectivity index (χ2v) is 4.82. The summed E-state index contributed by atoms with van der Waals surface area (Å²) in [6, 6.07) is 7.97. The molecule has 0 saturated carbocycles. The lowest BCUT2D eigenvalue weighted by atomic mass is 10.3. The Labute approximate surface area is 105 Å². The lowest BCUT2D eigenvalue weighted by molar-refractivity contribution is -0.366. The van der Waals surface area contributed by atoms with Crippen molar-refractivity contribution in [2.45, 2.75) is 6.92 Å². The SMILES string of the molecule is Cc1csc(N=Nc2ccc(N(C)C)cc2)[nH+]1. The lowest BCUT2D eigenvalue weighted by Crippen LogP contribution is -2.07. The molecule has 2 rings (SSSR count). The highest BCUT2D eigenvalue weighted by molar-refractivity contribution is 7.12. The van der Waals surface area contributed by atoms with Crippen LogP contribution in [0.25, 0.3) is 0 Å². The van der Waals surface area contributed by atoms with Gasteiger partial charge in [-0.25, -0.2) is 4.98 Å². The van der Waals surface area contributed by atoms with E-state index in [4.69, 9.17) is 0 Å². The van der Waals surface area contributed by atoms with E-state index in [9.17, 15) is 0 Å². The first kappa shape index (κ1) is 11.7. The predicted octanol–water partition coefficient (Wildman–Crippen LogP) is 3.35. The normalized spacial score (nSPS) is 11.0. The summed E-state index contributed by atoms with van der Waals surface area (Å²) >= 11 is 1.55. The smallest absolute Gasteiger partial charge is 0.378 e. The fourth-order valence-corrected chi connectivity index (χ4v) is 2.00. The number of thiazole rings is 1. The van der Waals surface area contributed by atoms with E-state index in [0.29, 0.717) is 0 Å². The largest absolute Gasteiger partial charge is 0.406 e. The van der Waals surface area contributed by atoms with Gasteiger partial charge in [0.15, 0.2) is 0 Å². The number of rotatable bonds is 3. The van der Waals surface area contributed by atoms with Crippen LogP contribution >= 0.6 is 11.3 Å². The molecule has 4 nitrogen and oxygen atoms in total. The summed E-state index contributed by atoms with van der Waals surface area (Å²) in [7, 11) is 4.03. The van der Waals surface area contributed by atoms with Gasteiger partial charge in [0.05, 0.1) is 5.11 Å². The Morgan fingerprint density at radius 2 is 1.82 bits per heavy atom. The number of aryl methyl sites for hydroxylation is 1. The molecule has 1 aromatic heterocycles. The molecular weight excluding hydrogens is 232 g/mol. The van der Waals surface area contributed by atoms with Crippen molar-refractivity contribution in [3.8, 4) is 0 Å².